The highest BCUT2D eigenvalue weighted by atomic mass is 16.5. The van der Waals surface area contributed by atoms with Crippen molar-refractivity contribution in [3.63, 3.8) is 0 Å². The smallest absolute Gasteiger partial charge is 0.312 e. The highest BCUT2D eigenvalue weighted by Gasteiger charge is 2.36. The van der Waals surface area contributed by atoms with Crippen LogP contribution in [0.4, 0.5) is 5.69 Å². The van der Waals surface area contributed by atoms with Crippen LogP contribution in [0.15, 0.2) is 48.5 Å². The molecule has 5 heteroatoms. The third kappa shape index (κ3) is 2.83. The van der Waals surface area contributed by atoms with E-state index in [2.05, 4.69) is 0 Å². The number of carboxylic acids is 1. The standard InChI is InChI=1S/C18H17NO4/c1-23-11-12-5-4-6-13(9-12)17(20)19-10-15(18(21)22)14-7-2-3-8-16(14)19/h2-9,15H,10-11H2,1H3,(H,21,22)/t15-/m1/s1. The summed E-state index contributed by atoms with van der Waals surface area (Å²) in [6.45, 7) is 0.581. The minimum Gasteiger partial charge on any atom is -0.481 e. The molecular weight excluding hydrogens is 294 g/mol. The number of carbonyl (C=O) groups excluding carboxylic acids is 1. The van der Waals surface area contributed by atoms with Crippen molar-refractivity contribution >= 4 is 17.6 Å². The number of nitrogens with zero attached hydrogens (tertiary/aromatic N) is 1. The summed E-state index contributed by atoms with van der Waals surface area (Å²) in [6, 6.07) is 14.4. The van der Waals surface area contributed by atoms with Gasteiger partial charge in [0.05, 0.1) is 6.61 Å². The normalized spacial score (nSPS) is 16.2. The van der Waals surface area contributed by atoms with Gasteiger partial charge in [-0.2, -0.15) is 0 Å². The Kier molecular flexibility index (Phi) is 4.12. The Bertz CT molecular complexity index is 756. The summed E-state index contributed by atoms with van der Waals surface area (Å²) in [5.74, 6) is -1.79. The molecule has 2 aromatic carbocycles. The molecule has 0 fully saturated rings. The number of amides is 1. The van der Waals surface area contributed by atoms with Gasteiger partial charge in [-0.3, -0.25) is 9.59 Å². The van der Waals surface area contributed by atoms with Gasteiger partial charge in [0.2, 0.25) is 0 Å². The zero-order chi connectivity index (χ0) is 16.4. The van der Waals surface area contributed by atoms with Crippen LogP contribution in [0, 0.1) is 0 Å². The molecule has 5 nitrogen and oxygen atoms in total. The molecule has 1 heterocycles. The lowest BCUT2D eigenvalue weighted by Gasteiger charge is -2.18. The van der Waals surface area contributed by atoms with Crippen LogP contribution in [0.25, 0.3) is 0 Å². The summed E-state index contributed by atoms with van der Waals surface area (Å²) in [4.78, 5) is 25.8. The molecule has 118 valence electrons. The van der Waals surface area contributed by atoms with E-state index in [0.717, 1.165) is 5.56 Å². The van der Waals surface area contributed by atoms with Crippen LogP contribution in [0.2, 0.25) is 0 Å². The molecule has 0 radical (unpaired) electrons. The van der Waals surface area contributed by atoms with Gasteiger partial charge in [0.15, 0.2) is 0 Å². The molecule has 1 amide bonds. The number of anilines is 1. The summed E-state index contributed by atoms with van der Waals surface area (Å²) in [5, 5.41) is 9.39. The second kappa shape index (κ2) is 6.22. The van der Waals surface area contributed by atoms with Gasteiger partial charge >= 0.3 is 5.97 Å². The van der Waals surface area contributed by atoms with Gasteiger partial charge in [-0.1, -0.05) is 30.3 Å². The number of fused-ring (bicyclic) bond motifs is 1. The van der Waals surface area contributed by atoms with E-state index in [1.807, 2.05) is 12.1 Å². The Morgan fingerprint density at radius 1 is 1.22 bits per heavy atom. The van der Waals surface area contributed by atoms with Crippen molar-refractivity contribution in [2.45, 2.75) is 12.5 Å². The first-order chi connectivity index (χ1) is 11.1. The molecule has 3 rings (SSSR count). The Morgan fingerprint density at radius 2 is 2.00 bits per heavy atom. The first-order valence-corrected chi connectivity index (χ1v) is 7.33. The summed E-state index contributed by atoms with van der Waals surface area (Å²) in [6.07, 6.45) is 0. The Labute approximate surface area is 134 Å². The monoisotopic (exact) mass is 311 g/mol. The third-order valence-corrected chi connectivity index (χ3v) is 4.00. The molecular formula is C18H17NO4. The van der Waals surface area contributed by atoms with E-state index in [9.17, 15) is 14.7 Å². The zero-order valence-corrected chi connectivity index (χ0v) is 12.7. The summed E-state index contributed by atoms with van der Waals surface area (Å²) >= 11 is 0. The summed E-state index contributed by atoms with van der Waals surface area (Å²) in [7, 11) is 1.60. The predicted molar refractivity (Wildman–Crippen MR) is 85.7 cm³/mol. The second-order valence-electron chi connectivity index (χ2n) is 5.50. The second-order valence-corrected chi connectivity index (χ2v) is 5.50. The predicted octanol–water partition coefficient (Wildman–Crippen LogP) is 2.66. The van der Waals surface area contributed by atoms with E-state index in [1.165, 1.54) is 0 Å². The lowest BCUT2D eigenvalue weighted by atomic mass is 10.0. The molecule has 1 aliphatic rings. The molecule has 0 bridgehead atoms. The van der Waals surface area contributed by atoms with Gasteiger partial charge in [-0.05, 0) is 29.3 Å². The SMILES string of the molecule is COCc1cccc(C(=O)N2C[C@@H](C(=O)O)c3ccccc32)c1. The van der Waals surface area contributed by atoms with Gasteiger partial charge in [0.25, 0.3) is 5.91 Å². The van der Waals surface area contributed by atoms with Crippen LogP contribution < -0.4 is 4.90 Å². The highest BCUT2D eigenvalue weighted by Crippen LogP contribution is 2.37. The number of rotatable bonds is 4. The van der Waals surface area contributed by atoms with E-state index in [4.69, 9.17) is 4.74 Å². The fourth-order valence-corrected chi connectivity index (χ4v) is 2.93. The van der Waals surface area contributed by atoms with Crippen molar-refractivity contribution in [1.29, 1.82) is 0 Å². The number of aliphatic carboxylic acids is 1. The molecule has 0 spiro atoms. The van der Waals surface area contributed by atoms with Gasteiger partial charge < -0.3 is 14.7 Å². The minimum atomic E-state index is -0.916. The number of methoxy groups -OCH3 is 1. The van der Waals surface area contributed by atoms with Crippen molar-refractivity contribution in [2.24, 2.45) is 0 Å². The van der Waals surface area contributed by atoms with Gasteiger partial charge in [-0.15, -0.1) is 0 Å². The van der Waals surface area contributed by atoms with Gasteiger partial charge in [0, 0.05) is 24.9 Å². The van der Waals surface area contributed by atoms with Crippen LogP contribution >= 0.6 is 0 Å². The van der Waals surface area contributed by atoms with Gasteiger partial charge in [-0.25, -0.2) is 0 Å². The molecule has 0 aromatic heterocycles. The van der Waals surface area contributed by atoms with Crippen molar-refractivity contribution in [1.82, 2.24) is 0 Å². The third-order valence-electron chi connectivity index (χ3n) is 4.00. The maximum absolute atomic E-state index is 12.8. The minimum absolute atomic E-state index is 0.155. The van der Waals surface area contributed by atoms with Crippen LogP contribution in [0.5, 0.6) is 0 Å². The maximum atomic E-state index is 12.8. The Balaban J connectivity index is 1.94. The van der Waals surface area contributed by atoms with Crippen LogP contribution in [-0.2, 0) is 16.1 Å². The summed E-state index contributed by atoms with van der Waals surface area (Å²) in [5.41, 5.74) is 2.78. The molecule has 1 aliphatic heterocycles. The largest absolute Gasteiger partial charge is 0.481 e. The molecule has 1 atom stereocenters. The number of para-hydroxylation sites is 1. The molecule has 2 aromatic rings. The first kappa shape index (κ1) is 15.2. The topological polar surface area (TPSA) is 66.8 Å². The van der Waals surface area contributed by atoms with E-state index in [0.29, 0.717) is 23.4 Å². The first-order valence-electron chi connectivity index (χ1n) is 7.33. The molecule has 23 heavy (non-hydrogen) atoms. The lowest BCUT2D eigenvalue weighted by molar-refractivity contribution is -0.138. The Hall–Kier alpha value is -2.66. The number of hydrogen-bond donors (Lipinski definition) is 1. The van der Waals surface area contributed by atoms with E-state index in [1.54, 1.807) is 48.4 Å². The molecule has 1 N–H and O–H groups in total. The van der Waals surface area contributed by atoms with Crippen molar-refractivity contribution < 1.29 is 19.4 Å². The van der Waals surface area contributed by atoms with E-state index < -0.39 is 11.9 Å². The maximum Gasteiger partial charge on any atom is 0.312 e. The van der Waals surface area contributed by atoms with Crippen LogP contribution in [0.3, 0.4) is 0 Å². The number of carboxylic acid groups (broad SMARTS) is 1. The van der Waals surface area contributed by atoms with Gasteiger partial charge in [0.1, 0.15) is 5.92 Å². The Morgan fingerprint density at radius 3 is 2.74 bits per heavy atom. The summed E-state index contributed by atoms with van der Waals surface area (Å²) < 4.78 is 5.09. The number of benzene rings is 2. The molecule has 0 aliphatic carbocycles. The average molecular weight is 311 g/mol. The quantitative estimate of drug-likeness (QED) is 0.942. The van der Waals surface area contributed by atoms with Crippen LogP contribution in [0.1, 0.15) is 27.4 Å². The molecule has 0 saturated carbocycles. The van der Waals surface area contributed by atoms with E-state index >= 15 is 0 Å². The zero-order valence-electron chi connectivity index (χ0n) is 12.7. The highest BCUT2D eigenvalue weighted by molar-refractivity contribution is 6.08. The molecule has 0 saturated heterocycles. The van der Waals surface area contributed by atoms with Crippen molar-refractivity contribution in [3.8, 4) is 0 Å². The number of ether oxygens (including phenoxy) is 1. The van der Waals surface area contributed by atoms with Crippen molar-refractivity contribution in [2.75, 3.05) is 18.6 Å². The number of carbonyl (C=O) groups is 2. The number of hydrogen-bond acceptors (Lipinski definition) is 3. The van der Waals surface area contributed by atoms with Crippen molar-refractivity contribution in [3.05, 3.63) is 65.2 Å². The lowest BCUT2D eigenvalue weighted by Crippen LogP contribution is -2.31. The fraction of sp³-hybridized carbons (Fsp3) is 0.222. The molecule has 0 unspecified atom stereocenters. The average Bonchev–Trinajstić information content (AvgIpc) is 2.95. The van der Waals surface area contributed by atoms with E-state index in [-0.39, 0.29) is 12.5 Å². The van der Waals surface area contributed by atoms with Crippen LogP contribution in [-0.4, -0.2) is 30.6 Å². The fourth-order valence-electron chi connectivity index (χ4n) is 2.93.